The van der Waals surface area contributed by atoms with E-state index in [0.717, 1.165) is 84.0 Å². The van der Waals surface area contributed by atoms with E-state index >= 15 is 0 Å². The predicted octanol–water partition coefficient (Wildman–Crippen LogP) is 8.10. The third-order valence-corrected chi connectivity index (χ3v) is 16.7. The first kappa shape index (κ1) is 48.4. The van der Waals surface area contributed by atoms with Crippen LogP contribution < -0.4 is 10.5 Å². The standard InChI is InChI=1S/C24H30ClN3O4S2.C23H28ClN3O2S.H2/c1-33(29,30)27-12-3-5-18-15-19-16-20(25)7-8-21(19)23(24-22(18)6-4-11-26-24)17-9-13-28(14-10-17)34(2,31)32;1-30(28,29)27-12-8-16(9-13-27)22-20-7-6-19(24)15-18(20)14-17(4-2-10-25)21-5-3-11-26-23(21)22;/h4,6-8,11,15-17,23,27H,3,5,9-10,12-14H2,1-2H3;3,5-7,11,14-16,22H,2,4,8-10,12-13,25H2,1H3;1H. The maximum absolute atomic E-state index is 12.0. The molecule has 2 saturated heterocycles. The molecule has 12 nitrogen and oxygen atoms in total. The Morgan fingerprint density at radius 3 is 1.47 bits per heavy atom. The number of halogens is 2. The van der Waals surface area contributed by atoms with Gasteiger partial charge in [-0.1, -0.05) is 59.6 Å². The number of rotatable bonds is 12. The quantitative estimate of drug-likeness (QED) is 0.133. The lowest BCUT2D eigenvalue weighted by atomic mass is 9.76. The average molecular weight is 972 g/mol. The Labute approximate surface area is 391 Å². The number of piperidine rings is 2. The molecule has 0 saturated carbocycles. The van der Waals surface area contributed by atoms with Gasteiger partial charge >= 0.3 is 0 Å². The summed E-state index contributed by atoms with van der Waals surface area (Å²) in [7, 11) is -9.59. The summed E-state index contributed by atoms with van der Waals surface area (Å²) in [5, 5.41) is 1.37. The molecule has 0 amide bonds. The lowest BCUT2D eigenvalue weighted by Gasteiger charge is -2.35. The van der Waals surface area contributed by atoms with Gasteiger partial charge in [0.2, 0.25) is 30.1 Å². The van der Waals surface area contributed by atoms with Crippen molar-refractivity contribution in [2.45, 2.75) is 63.2 Å². The van der Waals surface area contributed by atoms with E-state index in [-0.39, 0.29) is 19.2 Å². The predicted molar refractivity (Wildman–Crippen MR) is 262 cm³/mol. The molecule has 4 aromatic rings. The average Bonchev–Trinajstić information content (AvgIpc) is 3.47. The molecule has 2 aliphatic heterocycles. The zero-order chi connectivity index (χ0) is 45.8. The van der Waals surface area contributed by atoms with Crippen LogP contribution in [-0.4, -0.2) is 102 Å². The lowest BCUT2D eigenvalue weighted by molar-refractivity contribution is 0.256. The minimum Gasteiger partial charge on any atom is -0.330 e. The molecule has 0 bridgehead atoms. The van der Waals surface area contributed by atoms with Crippen LogP contribution in [0.3, 0.4) is 0 Å². The fourth-order valence-corrected chi connectivity index (χ4v) is 12.5. The summed E-state index contributed by atoms with van der Waals surface area (Å²) < 4.78 is 76.6. The van der Waals surface area contributed by atoms with Crippen LogP contribution in [0.15, 0.2) is 73.1 Å². The molecule has 4 aliphatic rings. The van der Waals surface area contributed by atoms with E-state index < -0.39 is 30.1 Å². The van der Waals surface area contributed by atoms with Crippen LogP contribution in [-0.2, 0) is 30.1 Å². The van der Waals surface area contributed by atoms with Gasteiger partial charge in [-0.3, -0.25) is 9.97 Å². The number of hydrogen-bond donors (Lipinski definition) is 2. The van der Waals surface area contributed by atoms with Gasteiger partial charge in [-0.15, -0.1) is 0 Å². The number of benzene rings is 2. The normalized spacial score (nSPS) is 20.0. The molecular formula is C47H60Cl2N6O6S3. The summed E-state index contributed by atoms with van der Waals surface area (Å²) in [6.45, 7) is 3.12. The Morgan fingerprint density at radius 1 is 0.656 bits per heavy atom. The second kappa shape index (κ2) is 20.6. The Hall–Kier alpha value is -3.51. The fraction of sp³-hybridized carbons (Fsp3) is 0.447. The number of allylic oxidation sites excluding steroid dienone is 2. The first-order valence-corrected chi connectivity index (χ1v) is 28.2. The van der Waals surface area contributed by atoms with Crippen molar-refractivity contribution in [3.05, 3.63) is 128 Å². The molecule has 64 heavy (non-hydrogen) atoms. The molecule has 2 atom stereocenters. The van der Waals surface area contributed by atoms with E-state index in [4.69, 9.17) is 38.9 Å². The minimum absolute atomic E-state index is 0. The molecule has 2 aromatic heterocycles. The number of pyridine rings is 2. The minimum atomic E-state index is -3.23. The van der Waals surface area contributed by atoms with Crippen molar-refractivity contribution in [1.82, 2.24) is 23.3 Å². The molecule has 2 unspecified atom stereocenters. The van der Waals surface area contributed by atoms with E-state index in [1.54, 1.807) is 14.8 Å². The van der Waals surface area contributed by atoms with Crippen molar-refractivity contribution in [3.8, 4) is 0 Å². The fourth-order valence-electron chi connectivity index (χ4n) is 9.89. The highest BCUT2D eigenvalue weighted by molar-refractivity contribution is 7.89. The van der Waals surface area contributed by atoms with Gasteiger partial charge in [-0.25, -0.2) is 38.6 Å². The van der Waals surface area contributed by atoms with Gasteiger partial charge in [0.05, 0.1) is 30.2 Å². The van der Waals surface area contributed by atoms with Gasteiger partial charge < -0.3 is 5.73 Å². The van der Waals surface area contributed by atoms with Crippen LogP contribution in [0.5, 0.6) is 0 Å². The van der Waals surface area contributed by atoms with Crippen molar-refractivity contribution in [3.63, 3.8) is 0 Å². The van der Waals surface area contributed by atoms with Gasteiger partial charge in [0.25, 0.3) is 0 Å². The lowest BCUT2D eigenvalue weighted by Crippen LogP contribution is -2.39. The first-order valence-electron chi connectivity index (χ1n) is 21.9. The van der Waals surface area contributed by atoms with E-state index in [2.05, 4.69) is 41.1 Å². The number of nitrogens with zero attached hydrogens (tertiary/aromatic N) is 4. The van der Waals surface area contributed by atoms with Crippen molar-refractivity contribution in [1.29, 1.82) is 0 Å². The van der Waals surface area contributed by atoms with Crippen molar-refractivity contribution in [2.24, 2.45) is 17.6 Å². The molecule has 2 aromatic carbocycles. The summed E-state index contributed by atoms with van der Waals surface area (Å²) in [5.41, 5.74) is 17.0. The van der Waals surface area contributed by atoms with Gasteiger partial charge in [0.15, 0.2) is 0 Å². The second-order valence-corrected chi connectivity index (χ2v) is 24.0. The monoisotopic (exact) mass is 970 g/mol. The van der Waals surface area contributed by atoms with Gasteiger partial charge in [0, 0.05) is 68.4 Å². The van der Waals surface area contributed by atoms with Crippen LogP contribution in [0.2, 0.25) is 10.0 Å². The van der Waals surface area contributed by atoms with Crippen LogP contribution in [0.1, 0.15) is 109 Å². The van der Waals surface area contributed by atoms with Gasteiger partial charge in [-0.2, -0.15) is 0 Å². The highest BCUT2D eigenvalue weighted by Crippen LogP contribution is 2.47. The molecule has 2 fully saturated rings. The van der Waals surface area contributed by atoms with Crippen LogP contribution in [0.25, 0.3) is 23.3 Å². The van der Waals surface area contributed by atoms with Crippen LogP contribution in [0, 0.1) is 11.8 Å². The zero-order valence-electron chi connectivity index (χ0n) is 36.6. The summed E-state index contributed by atoms with van der Waals surface area (Å²) >= 11 is 12.7. The largest absolute Gasteiger partial charge is 0.330 e. The first-order chi connectivity index (χ1) is 30.4. The van der Waals surface area contributed by atoms with Crippen molar-refractivity contribution in [2.75, 3.05) is 58.0 Å². The molecular weight excluding hydrogens is 912 g/mol. The third-order valence-electron chi connectivity index (χ3n) is 12.9. The number of fused-ring (bicyclic) bond motifs is 4. The SMILES string of the molecule is CS(=O)(=O)N1CCC(C2c3ccc(Cl)cc3C=C(CCCN)c3cccnc32)CC1.CS(=O)(=O)NCCCC1=Cc2cc(Cl)ccc2C(C2CCN(S(C)(=O)=O)CC2)c2ncccc21.[HH]. The number of hydrogen-bond acceptors (Lipinski definition) is 9. The van der Waals surface area contributed by atoms with Crippen molar-refractivity contribution < 1.29 is 26.7 Å². The number of nitrogens with one attached hydrogen (secondary N) is 1. The molecule has 0 spiro atoms. The molecule has 4 heterocycles. The van der Waals surface area contributed by atoms with Crippen LogP contribution >= 0.6 is 23.2 Å². The maximum atomic E-state index is 12.0. The highest BCUT2D eigenvalue weighted by atomic mass is 35.5. The van der Waals surface area contributed by atoms with Gasteiger partial charge in [-0.05, 0) is 151 Å². The van der Waals surface area contributed by atoms with E-state index in [1.807, 2.05) is 42.6 Å². The van der Waals surface area contributed by atoms with Gasteiger partial charge in [0.1, 0.15) is 0 Å². The maximum Gasteiger partial charge on any atom is 0.211 e. The molecule has 3 N–H and O–H groups in total. The summed E-state index contributed by atoms with van der Waals surface area (Å²) in [6.07, 6.45) is 18.0. The Balaban J connectivity index is 0.000000214. The molecule has 346 valence electrons. The van der Waals surface area contributed by atoms with Crippen LogP contribution in [0.4, 0.5) is 0 Å². The van der Waals surface area contributed by atoms with E-state index in [1.165, 1.54) is 29.2 Å². The van der Waals surface area contributed by atoms with E-state index in [0.29, 0.717) is 68.1 Å². The van der Waals surface area contributed by atoms with Crippen molar-refractivity contribution >= 4 is 76.6 Å². The topological polar surface area (TPSA) is 173 Å². The Kier molecular flexibility index (Phi) is 15.6. The van der Waals surface area contributed by atoms with E-state index in [9.17, 15) is 25.3 Å². The highest BCUT2D eigenvalue weighted by Gasteiger charge is 2.37. The number of sulfonamides is 3. The molecule has 17 heteroatoms. The molecule has 2 aliphatic carbocycles. The Bertz CT molecular complexity index is 2740. The number of aromatic nitrogens is 2. The summed E-state index contributed by atoms with van der Waals surface area (Å²) in [4.78, 5) is 9.67. The third kappa shape index (κ3) is 11.7. The molecule has 8 rings (SSSR count). The summed E-state index contributed by atoms with van der Waals surface area (Å²) in [5.74, 6) is 0.694. The zero-order valence-corrected chi connectivity index (χ0v) is 40.5. The molecule has 0 radical (unpaired) electrons. The second-order valence-electron chi connectivity index (χ2n) is 17.4. The smallest absolute Gasteiger partial charge is 0.211 e. The number of nitrogens with two attached hydrogens (primary N) is 1. The summed E-state index contributed by atoms with van der Waals surface area (Å²) in [6, 6.07) is 20.2. The Morgan fingerprint density at radius 2 is 1.08 bits per heavy atom.